The van der Waals surface area contributed by atoms with E-state index in [0.29, 0.717) is 37.6 Å². The lowest BCUT2D eigenvalue weighted by molar-refractivity contribution is 0.177. The first kappa shape index (κ1) is 23.6. The normalized spacial score (nSPS) is 14.6. The van der Waals surface area contributed by atoms with Gasteiger partial charge < -0.3 is 10.2 Å². The molecule has 0 aliphatic carbocycles. The maximum atomic E-state index is 6.26. The van der Waals surface area contributed by atoms with Crippen molar-refractivity contribution in [3.63, 3.8) is 0 Å². The van der Waals surface area contributed by atoms with Gasteiger partial charge in [-0.2, -0.15) is 5.10 Å². The number of piperazine rings is 1. The molecule has 1 saturated heterocycles. The van der Waals surface area contributed by atoms with Crippen LogP contribution in [0.1, 0.15) is 11.1 Å². The highest BCUT2D eigenvalue weighted by Gasteiger charge is 2.20. The van der Waals surface area contributed by atoms with E-state index in [4.69, 9.17) is 58.6 Å². The number of nitrogens with one attached hydrogen (secondary N) is 1. The third kappa shape index (κ3) is 5.87. The van der Waals surface area contributed by atoms with Gasteiger partial charge in [-0.25, -0.2) is 0 Å². The lowest BCUT2D eigenvalue weighted by Gasteiger charge is -2.36. The van der Waals surface area contributed by atoms with E-state index >= 15 is 0 Å². The van der Waals surface area contributed by atoms with E-state index in [1.807, 2.05) is 48.7 Å². The van der Waals surface area contributed by atoms with Crippen LogP contribution in [0.4, 0.5) is 5.82 Å². The summed E-state index contributed by atoms with van der Waals surface area (Å²) in [5.41, 5.74) is 1.99. The molecule has 1 fully saturated rings. The topological polar surface area (TPSA) is 36.3 Å². The molecule has 0 bridgehead atoms. The Kier molecular flexibility index (Phi) is 7.82. The highest BCUT2D eigenvalue weighted by molar-refractivity contribution is 7.80. The number of hydrogen-bond donors (Lipinski definition) is 1. The minimum Gasteiger partial charge on any atom is -0.346 e. The summed E-state index contributed by atoms with van der Waals surface area (Å²) in [4.78, 5) is 4.53. The van der Waals surface area contributed by atoms with Gasteiger partial charge in [0.05, 0.1) is 16.6 Å². The Labute approximate surface area is 212 Å². The molecule has 4 rings (SSSR count). The first-order valence-electron chi connectivity index (χ1n) is 10.1. The van der Waals surface area contributed by atoms with Crippen LogP contribution in [0.15, 0.2) is 48.7 Å². The zero-order chi connectivity index (χ0) is 22.7. The van der Waals surface area contributed by atoms with E-state index in [1.54, 1.807) is 4.68 Å². The Morgan fingerprint density at radius 1 is 0.875 bits per heavy atom. The summed E-state index contributed by atoms with van der Waals surface area (Å²) in [5.74, 6) is 0.691. The van der Waals surface area contributed by atoms with Gasteiger partial charge in [0.25, 0.3) is 0 Å². The summed E-state index contributed by atoms with van der Waals surface area (Å²) in [5, 5.41) is 10.9. The predicted octanol–water partition coefficient (Wildman–Crippen LogP) is 6.06. The summed E-state index contributed by atoms with van der Waals surface area (Å²) in [6, 6.07) is 13.1. The summed E-state index contributed by atoms with van der Waals surface area (Å²) in [6.45, 7) is 4.80. The van der Waals surface area contributed by atoms with Crippen molar-refractivity contribution >= 4 is 69.6 Å². The van der Waals surface area contributed by atoms with Crippen molar-refractivity contribution in [3.05, 3.63) is 79.9 Å². The van der Waals surface area contributed by atoms with Crippen molar-refractivity contribution in [1.82, 2.24) is 19.6 Å². The van der Waals surface area contributed by atoms with Crippen molar-refractivity contribution in [2.45, 2.75) is 13.1 Å². The molecule has 3 aromatic rings. The van der Waals surface area contributed by atoms with Crippen molar-refractivity contribution in [1.29, 1.82) is 0 Å². The van der Waals surface area contributed by atoms with E-state index in [2.05, 4.69) is 20.2 Å². The third-order valence-electron chi connectivity index (χ3n) is 5.31. The van der Waals surface area contributed by atoms with Gasteiger partial charge in [0.15, 0.2) is 10.9 Å². The molecule has 0 amide bonds. The van der Waals surface area contributed by atoms with Crippen molar-refractivity contribution in [2.24, 2.45) is 0 Å². The second-order valence-electron chi connectivity index (χ2n) is 7.54. The Morgan fingerprint density at radius 3 is 2.28 bits per heavy atom. The number of aromatic nitrogens is 2. The van der Waals surface area contributed by atoms with Crippen LogP contribution in [-0.2, 0) is 13.1 Å². The van der Waals surface area contributed by atoms with Crippen LogP contribution < -0.4 is 5.32 Å². The van der Waals surface area contributed by atoms with Gasteiger partial charge in [0.1, 0.15) is 0 Å². The Morgan fingerprint density at radius 2 is 1.59 bits per heavy atom. The van der Waals surface area contributed by atoms with Crippen LogP contribution in [-0.4, -0.2) is 50.9 Å². The first-order chi connectivity index (χ1) is 15.4. The van der Waals surface area contributed by atoms with Gasteiger partial charge >= 0.3 is 0 Å². The zero-order valence-electron chi connectivity index (χ0n) is 17.1. The van der Waals surface area contributed by atoms with Gasteiger partial charge in [-0.05, 0) is 42.0 Å². The van der Waals surface area contributed by atoms with Gasteiger partial charge in [0.2, 0.25) is 0 Å². The lowest BCUT2D eigenvalue weighted by Crippen LogP contribution is -2.49. The van der Waals surface area contributed by atoms with Crippen molar-refractivity contribution in [2.75, 3.05) is 31.5 Å². The molecule has 0 radical (unpaired) electrons. The largest absolute Gasteiger partial charge is 0.346 e. The molecule has 2 aromatic carbocycles. The molecule has 0 spiro atoms. The Hall–Kier alpha value is -1.54. The average Bonchev–Trinajstić information content (AvgIpc) is 3.21. The quantitative estimate of drug-likeness (QED) is 0.407. The molecule has 1 N–H and O–H groups in total. The minimum absolute atomic E-state index is 0.486. The van der Waals surface area contributed by atoms with E-state index in [9.17, 15) is 0 Å². The zero-order valence-corrected chi connectivity index (χ0v) is 20.9. The number of rotatable bonds is 5. The molecule has 1 aliphatic rings. The summed E-state index contributed by atoms with van der Waals surface area (Å²) in [7, 11) is 0. The fourth-order valence-corrected chi connectivity index (χ4v) is 4.68. The molecule has 2 heterocycles. The molecule has 0 atom stereocenters. The fraction of sp³-hybridized carbons (Fsp3) is 0.273. The van der Waals surface area contributed by atoms with Crippen LogP contribution in [0.25, 0.3) is 0 Å². The summed E-state index contributed by atoms with van der Waals surface area (Å²) >= 11 is 30.3. The van der Waals surface area contributed by atoms with Crippen molar-refractivity contribution < 1.29 is 0 Å². The third-order valence-corrected chi connectivity index (χ3v) is 7.11. The van der Waals surface area contributed by atoms with Gasteiger partial charge in [-0.3, -0.25) is 9.58 Å². The van der Waals surface area contributed by atoms with E-state index in [0.717, 1.165) is 43.9 Å². The smallest absolute Gasteiger partial charge is 0.174 e. The molecular weight excluding hydrogens is 508 g/mol. The molecule has 1 aliphatic heterocycles. The van der Waals surface area contributed by atoms with Gasteiger partial charge in [-0.15, -0.1) is 0 Å². The van der Waals surface area contributed by atoms with Crippen LogP contribution in [0, 0.1) is 0 Å². The number of nitrogens with zero attached hydrogens (tertiary/aromatic N) is 4. The standard InChI is InChI=1S/C22H21Cl4N5S/c23-17-2-1-3-18(24)16(17)14-31-7-6-21(28-31)27-22(32)30-10-8-29(9-11-30)13-15-4-5-19(25)20(26)12-15/h1-7,12H,8-11,13-14H2,(H,27,28,32). The molecule has 32 heavy (non-hydrogen) atoms. The monoisotopic (exact) mass is 527 g/mol. The Balaban J connectivity index is 1.28. The van der Waals surface area contributed by atoms with Crippen LogP contribution in [0.3, 0.4) is 0 Å². The maximum Gasteiger partial charge on any atom is 0.174 e. The number of hydrogen-bond acceptors (Lipinski definition) is 3. The number of anilines is 1. The fourth-order valence-electron chi connectivity index (χ4n) is 3.56. The number of halogens is 4. The molecular formula is C22H21Cl4N5S. The number of thiocarbonyl (C=S) groups is 1. The van der Waals surface area contributed by atoms with E-state index in [-0.39, 0.29) is 0 Å². The second-order valence-corrected chi connectivity index (χ2v) is 9.56. The highest BCUT2D eigenvalue weighted by atomic mass is 35.5. The molecule has 0 unspecified atom stereocenters. The maximum absolute atomic E-state index is 6.26. The summed E-state index contributed by atoms with van der Waals surface area (Å²) < 4.78 is 1.78. The van der Waals surface area contributed by atoms with Gasteiger partial charge in [0, 0.05) is 60.6 Å². The van der Waals surface area contributed by atoms with Gasteiger partial charge in [-0.1, -0.05) is 58.5 Å². The molecule has 1 aromatic heterocycles. The second kappa shape index (κ2) is 10.6. The molecule has 5 nitrogen and oxygen atoms in total. The highest BCUT2D eigenvalue weighted by Crippen LogP contribution is 2.25. The average molecular weight is 529 g/mol. The Bertz CT molecular complexity index is 1090. The van der Waals surface area contributed by atoms with E-state index < -0.39 is 0 Å². The minimum atomic E-state index is 0.486. The van der Waals surface area contributed by atoms with Crippen LogP contribution in [0.2, 0.25) is 20.1 Å². The first-order valence-corrected chi connectivity index (χ1v) is 12.0. The van der Waals surface area contributed by atoms with Crippen LogP contribution in [0.5, 0.6) is 0 Å². The number of benzene rings is 2. The van der Waals surface area contributed by atoms with E-state index in [1.165, 1.54) is 0 Å². The molecule has 0 saturated carbocycles. The predicted molar refractivity (Wildman–Crippen MR) is 137 cm³/mol. The van der Waals surface area contributed by atoms with Crippen molar-refractivity contribution in [3.8, 4) is 0 Å². The SMILES string of the molecule is S=C(Nc1ccn(Cc2c(Cl)cccc2Cl)n1)N1CCN(Cc2ccc(Cl)c(Cl)c2)CC1. The summed E-state index contributed by atoms with van der Waals surface area (Å²) in [6.07, 6.45) is 1.87. The lowest BCUT2D eigenvalue weighted by atomic mass is 10.2. The molecule has 10 heteroatoms. The molecule has 168 valence electrons. The van der Waals surface area contributed by atoms with Crippen LogP contribution >= 0.6 is 58.6 Å².